The second-order valence-corrected chi connectivity index (χ2v) is 8.49. The monoisotopic (exact) mass is 480 g/mol. The van der Waals surface area contributed by atoms with Crippen molar-refractivity contribution in [1.29, 1.82) is 0 Å². The molecule has 2 aromatic carbocycles. The van der Waals surface area contributed by atoms with Gasteiger partial charge >= 0.3 is 11.9 Å². The number of carbonyl (C=O) groups is 4. The second kappa shape index (κ2) is 12.7. The van der Waals surface area contributed by atoms with Gasteiger partial charge in [-0.3, -0.25) is 14.4 Å². The van der Waals surface area contributed by atoms with Gasteiger partial charge in [0.25, 0.3) is 0 Å². The summed E-state index contributed by atoms with van der Waals surface area (Å²) < 4.78 is 10.5. The molecule has 0 saturated carbocycles. The van der Waals surface area contributed by atoms with E-state index in [9.17, 15) is 19.2 Å². The second-order valence-electron chi connectivity index (χ2n) is 8.49. The van der Waals surface area contributed by atoms with E-state index in [4.69, 9.17) is 9.47 Å². The third-order valence-electron chi connectivity index (χ3n) is 5.96. The van der Waals surface area contributed by atoms with Crippen LogP contribution in [0.25, 0.3) is 0 Å². The number of rotatable bonds is 10. The molecule has 1 heterocycles. The first-order valence-corrected chi connectivity index (χ1v) is 11.9. The highest BCUT2D eigenvalue weighted by atomic mass is 16.5. The SMILES string of the molecule is CCOC(=O)C[C@H](C(=O)NC(C)C(=O)N1CCC[C@H]1C(=O)OCc1ccccc1)c1ccccc1. The lowest BCUT2D eigenvalue weighted by atomic mass is 9.94. The number of nitrogens with zero attached hydrogens (tertiary/aromatic N) is 1. The zero-order valence-corrected chi connectivity index (χ0v) is 20.1. The van der Waals surface area contributed by atoms with Crippen molar-refractivity contribution in [2.75, 3.05) is 13.2 Å². The van der Waals surface area contributed by atoms with E-state index >= 15 is 0 Å². The molecule has 1 fully saturated rings. The fourth-order valence-corrected chi connectivity index (χ4v) is 4.16. The third-order valence-corrected chi connectivity index (χ3v) is 5.96. The summed E-state index contributed by atoms with van der Waals surface area (Å²) in [5.74, 6) is -2.55. The maximum atomic E-state index is 13.2. The van der Waals surface area contributed by atoms with Crippen molar-refractivity contribution in [2.24, 2.45) is 0 Å². The van der Waals surface area contributed by atoms with Gasteiger partial charge in [-0.05, 0) is 37.8 Å². The summed E-state index contributed by atoms with van der Waals surface area (Å²) in [6.07, 6.45) is 1.05. The average Bonchev–Trinajstić information content (AvgIpc) is 3.36. The average molecular weight is 481 g/mol. The molecule has 1 N–H and O–H groups in total. The normalized spacial score (nSPS) is 16.7. The summed E-state index contributed by atoms with van der Waals surface area (Å²) in [5, 5.41) is 2.73. The molecule has 8 nitrogen and oxygen atoms in total. The van der Waals surface area contributed by atoms with Crippen LogP contribution in [0, 0.1) is 0 Å². The molecule has 0 spiro atoms. The van der Waals surface area contributed by atoms with E-state index in [1.807, 2.05) is 36.4 Å². The molecule has 1 unspecified atom stereocenters. The third kappa shape index (κ3) is 7.15. The van der Waals surface area contributed by atoms with E-state index in [1.165, 1.54) is 4.90 Å². The van der Waals surface area contributed by atoms with E-state index < -0.39 is 35.8 Å². The lowest BCUT2D eigenvalue weighted by Crippen LogP contribution is -2.51. The number of likely N-dealkylation sites (tertiary alicyclic amines) is 1. The van der Waals surface area contributed by atoms with Gasteiger partial charge in [0, 0.05) is 6.54 Å². The first kappa shape index (κ1) is 25.9. The topological polar surface area (TPSA) is 102 Å². The zero-order valence-electron chi connectivity index (χ0n) is 20.1. The molecule has 35 heavy (non-hydrogen) atoms. The summed E-state index contributed by atoms with van der Waals surface area (Å²) in [5.41, 5.74) is 1.52. The molecular weight excluding hydrogens is 448 g/mol. The zero-order chi connectivity index (χ0) is 25.2. The molecule has 1 aliphatic heterocycles. The van der Waals surface area contributed by atoms with Crippen molar-refractivity contribution in [2.45, 2.75) is 57.7 Å². The molecule has 186 valence electrons. The van der Waals surface area contributed by atoms with E-state index in [0.717, 1.165) is 5.56 Å². The van der Waals surface area contributed by atoms with Crippen molar-refractivity contribution in [3.63, 3.8) is 0 Å². The molecule has 2 aromatic rings. The number of hydrogen-bond acceptors (Lipinski definition) is 6. The first-order valence-electron chi connectivity index (χ1n) is 11.9. The van der Waals surface area contributed by atoms with Crippen LogP contribution < -0.4 is 5.32 Å². The number of hydrogen-bond donors (Lipinski definition) is 1. The van der Waals surface area contributed by atoms with Crippen molar-refractivity contribution in [1.82, 2.24) is 10.2 Å². The summed E-state index contributed by atoms with van der Waals surface area (Å²) in [7, 11) is 0. The fraction of sp³-hybridized carbons (Fsp3) is 0.407. The van der Waals surface area contributed by atoms with Crippen LogP contribution >= 0.6 is 0 Å². The lowest BCUT2D eigenvalue weighted by molar-refractivity contribution is -0.155. The molecule has 3 atom stereocenters. The van der Waals surface area contributed by atoms with Gasteiger partial charge in [0.15, 0.2) is 0 Å². The van der Waals surface area contributed by atoms with E-state index in [0.29, 0.717) is 24.9 Å². The maximum absolute atomic E-state index is 13.2. The quantitative estimate of drug-likeness (QED) is 0.525. The Kier molecular flexibility index (Phi) is 9.40. The highest BCUT2D eigenvalue weighted by Gasteiger charge is 2.38. The highest BCUT2D eigenvalue weighted by molar-refractivity contribution is 5.94. The largest absolute Gasteiger partial charge is 0.466 e. The van der Waals surface area contributed by atoms with Crippen LogP contribution in [0.4, 0.5) is 0 Å². The Hall–Kier alpha value is -3.68. The van der Waals surface area contributed by atoms with Gasteiger partial charge in [-0.25, -0.2) is 4.79 Å². The molecule has 2 amide bonds. The van der Waals surface area contributed by atoms with Gasteiger partial charge in [-0.2, -0.15) is 0 Å². The van der Waals surface area contributed by atoms with Crippen LogP contribution in [0.5, 0.6) is 0 Å². The Morgan fingerprint density at radius 1 is 1.00 bits per heavy atom. The number of carbonyl (C=O) groups excluding carboxylic acids is 4. The van der Waals surface area contributed by atoms with Gasteiger partial charge in [0.2, 0.25) is 11.8 Å². The van der Waals surface area contributed by atoms with Gasteiger partial charge < -0.3 is 19.7 Å². The smallest absolute Gasteiger partial charge is 0.329 e. The van der Waals surface area contributed by atoms with Crippen LogP contribution in [-0.2, 0) is 35.3 Å². The van der Waals surface area contributed by atoms with Crippen molar-refractivity contribution >= 4 is 23.8 Å². The van der Waals surface area contributed by atoms with E-state index in [1.54, 1.807) is 38.1 Å². The van der Waals surface area contributed by atoms with Crippen LogP contribution in [0.2, 0.25) is 0 Å². The van der Waals surface area contributed by atoms with Gasteiger partial charge in [0.05, 0.1) is 18.9 Å². The number of benzene rings is 2. The first-order chi connectivity index (χ1) is 16.9. The predicted molar refractivity (Wildman–Crippen MR) is 129 cm³/mol. The van der Waals surface area contributed by atoms with Gasteiger partial charge in [0.1, 0.15) is 18.7 Å². The van der Waals surface area contributed by atoms with Crippen molar-refractivity contribution < 1.29 is 28.7 Å². The Morgan fingerprint density at radius 3 is 2.31 bits per heavy atom. The summed E-state index contributed by atoms with van der Waals surface area (Å²) >= 11 is 0. The number of esters is 2. The molecule has 0 aliphatic carbocycles. The van der Waals surface area contributed by atoms with Crippen LogP contribution in [-0.4, -0.2) is 53.9 Å². The Balaban J connectivity index is 1.62. The van der Waals surface area contributed by atoms with Crippen LogP contribution in [0.3, 0.4) is 0 Å². The Morgan fingerprint density at radius 2 is 1.66 bits per heavy atom. The van der Waals surface area contributed by atoms with Crippen LogP contribution in [0.15, 0.2) is 60.7 Å². The van der Waals surface area contributed by atoms with Crippen molar-refractivity contribution in [3.8, 4) is 0 Å². The van der Waals surface area contributed by atoms with Gasteiger partial charge in [-0.1, -0.05) is 60.7 Å². The lowest BCUT2D eigenvalue weighted by Gasteiger charge is -2.27. The minimum atomic E-state index is -0.876. The molecule has 0 bridgehead atoms. The summed E-state index contributed by atoms with van der Waals surface area (Å²) in [6, 6.07) is 16.7. The molecule has 0 radical (unpaired) electrons. The molecular formula is C27H32N2O6. The number of amides is 2. The molecule has 3 rings (SSSR count). The van der Waals surface area contributed by atoms with Crippen molar-refractivity contribution in [3.05, 3.63) is 71.8 Å². The summed E-state index contributed by atoms with van der Waals surface area (Å²) in [6.45, 7) is 4.05. The standard InChI is InChI=1S/C27H32N2O6/c1-3-34-24(30)17-22(21-13-8-5-9-14-21)25(31)28-19(2)26(32)29-16-10-15-23(29)27(33)35-18-20-11-6-4-7-12-20/h4-9,11-14,19,22-23H,3,10,15-18H2,1-2H3,(H,28,31)/t19?,22-,23-/m0/s1. The summed E-state index contributed by atoms with van der Waals surface area (Å²) in [4.78, 5) is 52.6. The molecule has 1 aliphatic rings. The fourth-order valence-electron chi connectivity index (χ4n) is 4.16. The molecule has 1 saturated heterocycles. The number of nitrogens with one attached hydrogen (secondary N) is 1. The van der Waals surface area contributed by atoms with Crippen LogP contribution in [0.1, 0.15) is 50.2 Å². The highest BCUT2D eigenvalue weighted by Crippen LogP contribution is 2.23. The van der Waals surface area contributed by atoms with E-state index in [-0.39, 0.29) is 25.5 Å². The Bertz CT molecular complexity index is 1010. The molecule has 0 aromatic heterocycles. The van der Waals surface area contributed by atoms with E-state index in [2.05, 4.69) is 5.32 Å². The molecule has 8 heteroatoms. The number of ether oxygens (including phenoxy) is 2. The minimum absolute atomic E-state index is 0.136. The maximum Gasteiger partial charge on any atom is 0.329 e. The van der Waals surface area contributed by atoms with Gasteiger partial charge in [-0.15, -0.1) is 0 Å². The predicted octanol–water partition coefficient (Wildman–Crippen LogP) is 2.96. The Labute approximate surface area is 205 Å². The minimum Gasteiger partial charge on any atom is -0.466 e.